The van der Waals surface area contributed by atoms with Crippen molar-refractivity contribution in [2.45, 2.75) is 62.5 Å². The van der Waals surface area contributed by atoms with Crippen LogP contribution in [0.15, 0.2) is 42.5 Å². The molecule has 2 saturated heterocycles. The monoisotopic (exact) mass is 480 g/mol. The smallest absolute Gasteiger partial charge is 0.254 e. The largest absolute Gasteiger partial charge is 0.598 e. The third-order valence-electron chi connectivity index (χ3n) is 6.52. The number of rotatable bonds is 6. The number of amides is 1. The molecule has 5 nitrogen and oxygen atoms in total. The Morgan fingerprint density at radius 1 is 1.27 bits per heavy atom. The second-order valence-corrected chi connectivity index (χ2v) is 10.6. The van der Waals surface area contributed by atoms with Gasteiger partial charge in [0.15, 0.2) is 0 Å². The Bertz CT molecular complexity index is 1040. The van der Waals surface area contributed by atoms with Crippen LogP contribution in [0, 0.1) is 11.6 Å². The zero-order valence-corrected chi connectivity index (χ0v) is 19.5. The number of hydrogen-bond acceptors (Lipinski definition) is 4. The first kappa shape index (κ1) is 24.1. The molecule has 2 aromatic rings. The van der Waals surface area contributed by atoms with Gasteiger partial charge in [-0.05, 0) is 43.5 Å². The van der Waals surface area contributed by atoms with Crippen LogP contribution in [0.25, 0.3) is 11.1 Å². The maximum absolute atomic E-state index is 15.6. The summed E-state index contributed by atoms with van der Waals surface area (Å²) in [6.45, 7) is 2.66. The van der Waals surface area contributed by atoms with E-state index in [4.69, 9.17) is 0 Å². The van der Waals surface area contributed by atoms with Gasteiger partial charge in [-0.2, -0.15) is 0 Å². The fraction of sp³-hybridized carbons (Fsp3) is 0.458. The van der Waals surface area contributed by atoms with E-state index in [0.29, 0.717) is 5.56 Å². The summed E-state index contributed by atoms with van der Waals surface area (Å²) in [4.78, 5) is 14.5. The number of nitrogens with zero attached hydrogens (tertiary/aromatic N) is 1. The number of piperidine rings is 2. The maximum atomic E-state index is 15.6. The summed E-state index contributed by atoms with van der Waals surface area (Å²) in [5, 5.41) is 10.4. The summed E-state index contributed by atoms with van der Waals surface area (Å²) in [5.41, 5.74) is -2.95. The molecule has 2 heterocycles. The van der Waals surface area contributed by atoms with Crippen molar-refractivity contribution in [3.63, 3.8) is 0 Å². The van der Waals surface area contributed by atoms with Gasteiger partial charge in [-0.25, -0.2) is 13.2 Å². The zero-order chi connectivity index (χ0) is 24.1. The van der Waals surface area contributed by atoms with Crippen molar-refractivity contribution in [2.24, 2.45) is 0 Å². The molecule has 2 aromatic carbocycles. The van der Waals surface area contributed by atoms with Crippen LogP contribution in [-0.2, 0) is 22.6 Å². The number of nitrogens with one attached hydrogen (secondary N) is 1. The molecule has 33 heavy (non-hydrogen) atoms. The van der Waals surface area contributed by atoms with Crippen molar-refractivity contribution in [1.82, 2.24) is 9.62 Å². The first-order chi connectivity index (χ1) is 15.4. The highest BCUT2D eigenvalue weighted by atomic mass is 32.2. The van der Waals surface area contributed by atoms with E-state index in [1.54, 1.807) is 30.3 Å². The fourth-order valence-corrected chi connectivity index (χ4v) is 5.74. The average Bonchev–Trinajstić information content (AvgIpc) is 2.71. The molecule has 3 fully saturated rings. The molecule has 0 radical (unpaired) electrons. The lowest BCUT2D eigenvalue weighted by Gasteiger charge is -2.61. The molecule has 1 amide bonds. The number of carbonyl (C=O) groups is 1. The van der Waals surface area contributed by atoms with E-state index >= 15 is 8.78 Å². The third-order valence-corrected chi connectivity index (χ3v) is 7.11. The van der Waals surface area contributed by atoms with Gasteiger partial charge in [0.25, 0.3) is 5.91 Å². The van der Waals surface area contributed by atoms with Gasteiger partial charge >= 0.3 is 0 Å². The Morgan fingerprint density at radius 2 is 1.91 bits per heavy atom. The van der Waals surface area contributed by atoms with Crippen LogP contribution in [0.3, 0.4) is 0 Å². The fourth-order valence-electron chi connectivity index (χ4n) is 5.01. The number of halogens is 3. The van der Waals surface area contributed by atoms with Gasteiger partial charge in [0.05, 0.1) is 6.04 Å². The number of hydrogen-bond donors (Lipinski definition) is 2. The Hall–Kier alpha value is -2.07. The van der Waals surface area contributed by atoms with Crippen LogP contribution in [0.2, 0.25) is 0 Å². The van der Waals surface area contributed by atoms with Crippen molar-refractivity contribution in [1.29, 1.82) is 0 Å². The standard InChI is InChI=1S/C24H27F3N2O3S/c1-23(2,31)22(30)29-17-12-24(27,13-17)21(28-33(3)32)19(29)10-15-9-16(25)11-18(20(15)26)14-7-5-4-6-8-14/h4-9,11,17,19,21,28,31H,10,12-13H2,1-3H3/t17?,19-,21+,24?,33?/m0/s1. The zero-order valence-electron chi connectivity index (χ0n) is 18.6. The van der Waals surface area contributed by atoms with Gasteiger partial charge < -0.3 is 14.6 Å². The second-order valence-electron chi connectivity index (χ2n) is 9.48. The van der Waals surface area contributed by atoms with Crippen LogP contribution in [0.5, 0.6) is 0 Å². The molecule has 2 aliphatic heterocycles. The molecule has 2 bridgehead atoms. The Kier molecular flexibility index (Phi) is 6.28. The van der Waals surface area contributed by atoms with E-state index in [9.17, 15) is 18.8 Å². The number of aliphatic hydroxyl groups is 1. The average molecular weight is 481 g/mol. The highest BCUT2D eigenvalue weighted by molar-refractivity contribution is 7.88. The molecule has 1 unspecified atom stereocenters. The van der Waals surface area contributed by atoms with Gasteiger partial charge in [-0.15, -0.1) is 4.72 Å². The summed E-state index contributed by atoms with van der Waals surface area (Å²) in [7, 11) is 0. The van der Waals surface area contributed by atoms with Crippen LogP contribution in [0.4, 0.5) is 13.2 Å². The van der Waals surface area contributed by atoms with Crippen LogP contribution < -0.4 is 4.72 Å². The number of fused-ring (bicyclic) bond motifs is 2. The Morgan fingerprint density at radius 3 is 2.48 bits per heavy atom. The molecule has 3 aliphatic rings. The predicted octanol–water partition coefficient (Wildman–Crippen LogP) is 3.28. The minimum atomic E-state index is -1.74. The lowest BCUT2D eigenvalue weighted by molar-refractivity contribution is -0.181. The van der Waals surface area contributed by atoms with E-state index in [-0.39, 0.29) is 30.4 Å². The minimum Gasteiger partial charge on any atom is -0.598 e. The lowest BCUT2D eigenvalue weighted by atomic mass is 9.64. The molecule has 3 atom stereocenters. The highest BCUT2D eigenvalue weighted by Gasteiger charge is 2.64. The number of benzene rings is 2. The van der Waals surface area contributed by atoms with Crippen molar-refractivity contribution >= 4 is 17.3 Å². The molecule has 178 valence electrons. The summed E-state index contributed by atoms with van der Waals surface area (Å²) < 4.78 is 60.4. The molecule has 2 N–H and O–H groups in total. The molecule has 5 rings (SSSR count). The van der Waals surface area contributed by atoms with Crippen LogP contribution >= 0.6 is 0 Å². The first-order valence-electron chi connectivity index (χ1n) is 10.8. The van der Waals surface area contributed by atoms with Gasteiger partial charge in [-0.3, -0.25) is 4.79 Å². The van der Waals surface area contributed by atoms with Gasteiger partial charge in [0.1, 0.15) is 35.2 Å². The number of alkyl halides is 1. The van der Waals surface area contributed by atoms with E-state index in [2.05, 4.69) is 4.72 Å². The lowest BCUT2D eigenvalue weighted by Crippen LogP contribution is -2.78. The normalized spacial score (nSPS) is 27.8. The summed E-state index contributed by atoms with van der Waals surface area (Å²) in [6.07, 6.45) is 1.20. The SMILES string of the molecule is C[S+]([O-])N[C@@H]1[C@H](Cc2cc(F)cc(-c3ccccc3)c2F)N(C(=O)C(C)(C)O)C2CC1(F)C2. The Balaban J connectivity index is 1.77. The van der Waals surface area contributed by atoms with Gasteiger partial charge in [-0.1, -0.05) is 30.3 Å². The summed E-state index contributed by atoms with van der Waals surface area (Å²) >= 11 is -1.62. The maximum Gasteiger partial charge on any atom is 0.254 e. The van der Waals surface area contributed by atoms with E-state index in [1.165, 1.54) is 25.0 Å². The van der Waals surface area contributed by atoms with Crippen LogP contribution in [0.1, 0.15) is 32.3 Å². The van der Waals surface area contributed by atoms with Crippen LogP contribution in [-0.4, -0.2) is 56.1 Å². The second kappa shape index (κ2) is 8.61. The molecule has 1 aliphatic carbocycles. The summed E-state index contributed by atoms with van der Waals surface area (Å²) in [6, 6.07) is 8.12. The molecular weight excluding hydrogens is 453 g/mol. The van der Waals surface area contributed by atoms with E-state index in [1.807, 2.05) is 0 Å². The van der Waals surface area contributed by atoms with E-state index in [0.717, 1.165) is 12.1 Å². The highest BCUT2D eigenvalue weighted by Crippen LogP contribution is 2.50. The first-order valence-corrected chi connectivity index (χ1v) is 12.3. The molecular formula is C24H27F3N2O3S. The third kappa shape index (κ3) is 4.51. The van der Waals surface area contributed by atoms with Gasteiger partial charge in [0.2, 0.25) is 0 Å². The molecule has 0 spiro atoms. The van der Waals surface area contributed by atoms with Gasteiger partial charge in [0, 0.05) is 35.8 Å². The quantitative estimate of drug-likeness (QED) is 0.623. The van der Waals surface area contributed by atoms with E-state index < -0.39 is 58.3 Å². The topological polar surface area (TPSA) is 75.6 Å². The predicted molar refractivity (Wildman–Crippen MR) is 120 cm³/mol. The molecule has 9 heteroatoms. The molecule has 1 saturated carbocycles. The van der Waals surface area contributed by atoms with Crippen molar-refractivity contribution in [3.05, 3.63) is 59.7 Å². The van der Waals surface area contributed by atoms with Crippen molar-refractivity contribution in [3.8, 4) is 11.1 Å². The molecule has 0 aromatic heterocycles. The number of carbonyl (C=O) groups excluding carboxylic acids is 1. The Labute approximate surface area is 194 Å². The minimum absolute atomic E-state index is 0.0222. The van der Waals surface area contributed by atoms with Crippen molar-refractivity contribution in [2.75, 3.05) is 6.26 Å². The summed E-state index contributed by atoms with van der Waals surface area (Å²) in [5.74, 6) is -1.96. The van der Waals surface area contributed by atoms with Crippen molar-refractivity contribution < 1.29 is 27.6 Å².